The van der Waals surface area contributed by atoms with Gasteiger partial charge in [0.2, 0.25) is 5.89 Å². The average Bonchev–Trinajstić information content (AvgIpc) is 2.67. The highest BCUT2D eigenvalue weighted by atomic mass is 16.5. The van der Waals surface area contributed by atoms with E-state index >= 15 is 0 Å². The molecule has 2 rings (SSSR count). The Morgan fingerprint density at radius 2 is 2.53 bits per heavy atom. The molecule has 1 aliphatic heterocycles. The van der Waals surface area contributed by atoms with Gasteiger partial charge in [0.1, 0.15) is 12.2 Å². The monoisotopic (exact) mass is 211 g/mol. The molecule has 0 aliphatic carbocycles. The topological polar surface area (TPSA) is 72.6 Å². The quantitative estimate of drug-likeness (QED) is 0.813. The van der Waals surface area contributed by atoms with Gasteiger partial charge >= 0.3 is 5.97 Å². The molecule has 1 N–H and O–H groups in total. The summed E-state index contributed by atoms with van der Waals surface area (Å²) in [6.45, 7) is 1.44. The zero-order valence-electron chi connectivity index (χ0n) is 8.31. The number of rotatable bonds is 3. The van der Waals surface area contributed by atoms with Crippen molar-refractivity contribution >= 4 is 5.97 Å². The number of nitrogens with zero attached hydrogens (tertiary/aromatic N) is 1. The van der Waals surface area contributed by atoms with Gasteiger partial charge in [0.15, 0.2) is 0 Å². The van der Waals surface area contributed by atoms with Crippen molar-refractivity contribution in [2.45, 2.75) is 25.2 Å². The van der Waals surface area contributed by atoms with Gasteiger partial charge in [-0.05, 0) is 12.8 Å². The normalized spacial score (nSPS) is 21.5. The van der Waals surface area contributed by atoms with Crippen molar-refractivity contribution in [2.24, 2.45) is 0 Å². The first-order valence-electron chi connectivity index (χ1n) is 5.00. The number of oxazole rings is 1. The van der Waals surface area contributed by atoms with E-state index in [2.05, 4.69) is 4.98 Å². The molecular weight excluding hydrogens is 198 g/mol. The van der Waals surface area contributed by atoms with Gasteiger partial charge in [0.05, 0.1) is 12.8 Å². The second-order valence-electron chi connectivity index (χ2n) is 3.64. The Labute approximate surface area is 87.1 Å². The van der Waals surface area contributed by atoms with Gasteiger partial charge in [-0.15, -0.1) is 0 Å². The lowest BCUT2D eigenvalue weighted by molar-refractivity contribution is -0.136. The second kappa shape index (κ2) is 4.44. The summed E-state index contributed by atoms with van der Waals surface area (Å²) in [7, 11) is 0. The summed E-state index contributed by atoms with van der Waals surface area (Å²) in [6.07, 6.45) is 3.48. The lowest BCUT2D eigenvalue weighted by atomic mass is 10.0. The molecule has 1 aromatic rings. The highest BCUT2D eigenvalue weighted by Gasteiger charge is 2.20. The van der Waals surface area contributed by atoms with Crippen LogP contribution in [0, 0.1) is 0 Å². The zero-order chi connectivity index (χ0) is 10.7. The van der Waals surface area contributed by atoms with E-state index in [9.17, 15) is 4.79 Å². The molecule has 0 bridgehead atoms. The summed E-state index contributed by atoms with van der Waals surface area (Å²) >= 11 is 0. The fourth-order valence-corrected chi connectivity index (χ4v) is 1.69. The Kier molecular flexibility index (Phi) is 3.01. The first-order chi connectivity index (χ1) is 7.25. The van der Waals surface area contributed by atoms with E-state index in [0.717, 1.165) is 25.2 Å². The standard InChI is InChI=1S/C10H13NO4/c12-10(13)4-9-11-5-8(15-9)7-2-1-3-14-6-7/h5,7H,1-4,6H2,(H,12,13). The van der Waals surface area contributed by atoms with Crippen molar-refractivity contribution in [3.8, 4) is 0 Å². The maximum Gasteiger partial charge on any atom is 0.312 e. The van der Waals surface area contributed by atoms with Crippen LogP contribution in [0.5, 0.6) is 0 Å². The summed E-state index contributed by atoms with van der Waals surface area (Å²) < 4.78 is 10.7. The summed E-state index contributed by atoms with van der Waals surface area (Å²) in [5.41, 5.74) is 0. The lowest BCUT2D eigenvalue weighted by Crippen LogP contribution is -2.14. The van der Waals surface area contributed by atoms with E-state index in [1.807, 2.05) is 0 Å². The van der Waals surface area contributed by atoms with Crippen molar-refractivity contribution in [3.05, 3.63) is 17.8 Å². The zero-order valence-corrected chi connectivity index (χ0v) is 8.31. The number of ether oxygens (including phenoxy) is 1. The van der Waals surface area contributed by atoms with Crippen LogP contribution in [-0.2, 0) is 16.0 Å². The van der Waals surface area contributed by atoms with Crippen LogP contribution < -0.4 is 0 Å². The summed E-state index contributed by atoms with van der Waals surface area (Å²) in [5.74, 6) is 0.311. The SMILES string of the molecule is O=C(O)Cc1ncc(C2CCCOC2)o1. The van der Waals surface area contributed by atoms with Gasteiger partial charge in [-0.3, -0.25) is 4.79 Å². The molecule has 5 heteroatoms. The van der Waals surface area contributed by atoms with Gasteiger partial charge in [0, 0.05) is 12.5 Å². The van der Waals surface area contributed by atoms with E-state index in [0.29, 0.717) is 6.61 Å². The van der Waals surface area contributed by atoms with Gasteiger partial charge in [-0.1, -0.05) is 0 Å². The number of carboxylic acids is 1. The predicted molar refractivity (Wildman–Crippen MR) is 50.6 cm³/mol. The molecule has 5 nitrogen and oxygen atoms in total. The van der Waals surface area contributed by atoms with E-state index < -0.39 is 5.97 Å². The minimum atomic E-state index is -0.928. The Balaban J connectivity index is 2.02. The van der Waals surface area contributed by atoms with Crippen LogP contribution in [0.4, 0.5) is 0 Å². The molecule has 1 aliphatic rings. The smallest absolute Gasteiger partial charge is 0.312 e. The number of aliphatic carboxylic acids is 1. The molecule has 82 valence electrons. The van der Waals surface area contributed by atoms with Crippen LogP contribution in [0.25, 0.3) is 0 Å². The fraction of sp³-hybridized carbons (Fsp3) is 0.600. The molecule has 1 fully saturated rings. The third-order valence-corrected chi connectivity index (χ3v) is 2.44. The van der Waals surface area contributed by atoms with Crippen LogP contribution in [0.15, 0.2) is 10.6 Å². The fourth-order valence-electron chi connectivity index (χ4n) is 1.69. The summed E-state index contributed by atoms with van der Waals surface area (Å²) in [5, 5.41) is 8.56. The largest absolute Gasteiger partial charge is 0.481 e. The molecule has 1 aromatic heterocycles. The van der Waals surface area contributed by atoms with Crippen LogP contribution >= 0.6 is 0 Å². The molecular formula is C10H13NO4. The van der Waals surface area contributed by atoms with Crippen molar-refractivity contribution in [1.82, 2.24) is 4.98 Å². The second-order valence-corrected chi connectivity index (χ2v) is 3.64. The third kappa shape index (κ3) is 2.56. The minimum absolute atomic E-state index is 0.159. The van der Waals surface area contributed by atoms with Gasteiger partial charge < -0.3 is 14.3 Å². The Morgan fingerprint density at radius 1 is 1.67 bits per heavy atom. The Bertz CT molecular complexity index is 341. The number of aromatic nitrogens is 1. The van der Waals surface area contributed by atoms with Crippen LogP contribution in [0.3, 0.4) is 0 Å². The van der Waals surface area contributed by atoms with Crippen molar-refractivity contribution in [3.63, 3.8) is 0 Å². The summed E-state index contributed by atoms with van der Waals surface area (Å²) in [4.78, 5) is 14.4. The van der Waals surface area contributed by atoms with Gasteiger partial charge in [0.25, 0.3) is 0 Å². The molecule has 0 spiro atoms. The molecule has 15 heavy (non-hydrogen) atoms. The first-order valence-corrected chi connectivity index (χ1v) is 5.00. The highest BCUT2D eigenvalue weighted by Crippen LogP contribution is 2.25. The number of hydrogen-bond acceptors (Lipinski definition) is 4. The molecule has 0 radical (unpaired) electrons. The van der Waals surface area contributed by atoms with Gasteiger partial charge in [-0.25, -0.2) is 4.98 Å². The maximum absolute atomic E-state index is 10.4. The van der Waals surface area contributed by atoms with E-state index in [1.165, 1.54) is 0 Å². The molecule has 2 heterocycles. The average molecular weight is 211 g/mol. The third-order valence-electron chi connectivity index (χ3n) is 2.44. The molecule has 0 aromatic carbocycles. The maximum atomic E-state index is 10.4. The van der Waals surface area contributed by atoms with Crippen LogP contribution in [-0.4, -0.2) is 29.3 Å². The van der Waals surface area contributed by atoms with Crippen molar-refractivity contribution in [2.75, 3.05) is 13.2 Å². The molecule has 1 atom stereocenters. The Hall–Kier alpha value is -1.36. The molecule has 1 saturated heterocycles. The number of carboxylic acid groups (broad SMARTS) is 1. The molecule has 0 saturated carbocycles. The van der Waals surface area contributed by atoms with E-state index in [4.69, 9.17) is 14.3 Å². The molecule has 0 amide bonds. The number of hydrogen-bond donors (Lipinski definition) is 1. The van der Waals surface area contributed by atoms with Gasteiger partial charge in [-0.2, -0.15) is 0 Å². The van der Waals surface area contributed by atoms with Crippen LogP contribution in [0.2, 0.25) is 0 Å². The van der Waals surface area contributed by atoms with E-state index in [1.54, 1.807) is 6.20 Å². The van der Waals surface area contributed by atoms with Crippen molar-refractivity contribution < 1.29 is 19.1 Å². The lowest BCUT2D eigenvalue weighted by Gasteiger charge is -2.19. The highest BCUT2D eigenvalue weighted by molar-refractivity contribution is 5.68. The minimum Gasteiger partial charge on any atom is -0.481 e. The predicted octanol–water partition coefficient (Wildman–Crippen LogP) is 1.20. The number of carbonyl (C=O) groups is 1. The van der Waals surface area contributed by atoms with Crippen molar-refractivity contribution in [1.29, 1.82) is 0 Å². The van der Waals surface area contributed by atoms with E-state index in [-0.39, 0.29) is 18.2 Å². The van der Waals surface area contributed by atoms with Crippen LogP contribution in [0.1, 0.15) is 30.4 Å². The summed E-state index contributed by atoms with van der Waals surface area (Å²) in [6, 6.07) is 0. The Morgan fingerprint density at radius 3 is 3.20 bits per heavy atom. The molecule has 1 unspecified atom stereocenters. The first kappa shape index (κ1) is 10.2.